The summed E-state index contributed by atoms with van der Waals surface area (Å²) in [4.78, 5) is 13.4. The number of para-hydroxylation sites is 1. The van der Waals surface area contributed by atoms with Gasteiger partial charge in [0.1, 0.15) is 0 Å². The van der Waals surface area contributed by atoms with E-state index in [4.69, 9.17) is 10.5 Å². The molecule has 1 aromatic rings. The SMILES string of the molecule is COCC(N)CN(C)C(=O)c1cccc(O)c1O. The van der Waals surface area contributed by atoms with E-state index in [9.17, 15) is 15.0 Å². The fourth-order valence-electron chi connectivity index (χ4n) is 1.61. The third kappa shape index (κ3) is 3.35. The Bertz CT molecular complexity index is 423. The summed E-state index contributed by atoms with van der Waals surface area (Å²) < 4.78 is 4.88. The lowest BCUT2D eigenvalue weighted by Gasteiger charge is -2.21. The van der Waals surface area contributed by atoms with E-state index in [1.807, 2.05) is 0 Å². The Morgan fingerprint density at radius 3 is 2.78 bits per heavy atom. The standard InChI is InChI=1S/C12H18N2O4/c1-14(6-8(13)7-18-2)12(17)9-4-3-5-10(15)11(9)16/h3-5,8,15-16H,6-7,13H2,1-2H3. The van der Waals surface area contributed by atoms with Crippen LogP contribution in [0.4, 0.5) is 0 Å². The first-order valence-electron chi connectivity index (χ1n) is 5.48. The lowest BCUT2D eigenvalue weighted by atomic mass is 10.1. The van der Waals surface area contributed by atoms with Crippen LogP contribution < -0.4 is 5.73 Å². The van der Waals surface area contributed by atoms with Crippen molar-refractivity contribution in [1.29, 1.82) is 0 Å². The lowest BCUT2D eigenvalue weighted by Crippen LogP contribution is -2.41. The molecule has 0 fully saturated rings. The van der Waals surface area contributed by atoms with Gasteiger partial charge in [-0.15, -0.1) is 0 Å². The molecule has 6 heteroatoms. The summed E-state index contributed by atoms with van der Waals surface area (Å²) in [7, 11) is 3.10. The van der Waals surface area contributed by atoms with Gasteiger partial charge >= 0.3 is 0 Å². The van der Waals surface area contributed by atoms with Crippen molar-refractivity contribution in [3.8, 4) is 11.5 Å². The van der Waals surface area contributed by atoms with Gasteiger partial charge in [-0.3, -0.25) is 4.79 Å². The third-order valence-electron chi connectivity index (χ3n) is 2.48. The second-order valence-corrected chi connectivity index (χ2v) is 4.07. The number of rotatable bonds is 5. The molecule has 0 bridgehead atoms. The molecule has 0 heterocycles. The Balaban J connectivity index is 2.77. The normalized spacial score (nSPS) is 12.2. The van der Waals surface area contributed by atoms with Crippen LogP contribution in [0.1, 0.15) is 10.4 Å². The first-order chi connectivity index (χ1) is 8.47. The summed E-state index contributed by atoms with van der Waals surface area (Å²) in [6.07, 6.45) is 0. The maximum absolute atomic E-state index is 12.0. The molecule has 18 heavy (non-hydrogen) atoms. The Kier molecular flexibility index (Phi) is 4.94. The fourth-order valence-corrected chi connectivity index (χ4v) is 1.61. The van der Waals surface area contributed by atoms with Gasteiger partial charge in [0.2, 0.25) is 0 Å². The average Bonchev–Trinajstić information content (AvgIpc) is 2.32. The van der Waals surface area contributed by atoms with E-state index in [1.54, 1.807) is 7.05 Å². The highest BCUT2D eigenvalue weighted by Crippen LogP contribution is 2.28. The number of ether oxygens (including phenoxy) is 1. The van der Waals surface area contributed by atoms with Gasteiger partial charge in [0.25, 0.3) is 5.91 Å². The van der Waals surface area contributed by atoms with Gasteiger partial charge in [0.05, 0.1) is 12.2 Å². The molecule has 4 N–H and O–H groups in total. The smallest absolute Gasteiger partial charge is 0.257 e. The summed E-state index contributed by atoms with van der Waals surface area (Å²) in [6, 6.07) is 3.94. The summed E-state index contributed by atoms with van der Waals surface area (Å²) in [6.45, 7) is 0.630. The van der Waals surface area contributed by atoms with Crippen molar-refractivity contribution < 1.29 is 19.7 Å². The minimum Gasteiger partial charge on any atom is -0.504 e. The molecule has 100 valence electrons. The molecule has 0 aromatic heterocycles. The minimum atomic E-state index is -0.422. The number of phenolic OH excluding ortho intramolecular Hbond substituents is 2. The number of nitrogens with zero attached hydrogens (tertiary/aromatic N) is 1. The molecule has 0 aliphatic rings. The van der Waals surface area contributed by atoms with Gasteiger partial charge in [-0.25, -0.2) is 0 Å². The molecular formula is C12H18N2O4. The number of phenols is 2. The van der Waals surface area contributed by atoms with Gasteiger partial charge in [-0.2, -0.15) is 0 Å². The van der Waals surface area contributed by atoms with Crippen LogP contribution in [-0.2, 0) is 4.74 Å². The maximum atomic E-state index is 12.0. The van der Waals surface area contributed by atoms with Crippen molar-refractivity contribution in [2.24, 2.45) is 5.73 Å². The van der Waals surface area contributed by atoms with Crippen LogP contribution in [0.2, 0.25) is 0 Å². The Labute approximate surface area is 106 Å². The van der Waals surface area contributed by atoms with Crippen LogP contribution in [0, 0.1) is 0 Å². The van der Waals surface area contributed by atoms with E-state index in [0.717, 1.165) is 0 Å². The molecule has 1 aromatic carbocycles. The largest absolute Gasteiger partial charge is 0.504 e. The van der Waals surface area contributed by atoms with Crippen LogP contribution >= 0.6 is 0 Å². The number of amides is 1. The van der Waals surface area contributed by atoms with E-state index in [1.165, 1.54) is 30.2 Å². The lowest BCUT2D eigenvalue weighted by molar-refractivity contribution is 0.0761. The van der Waals surface area contributed by atoms with Crippen molar-refractivity contribution in [3.63, 3.8) is 0 Å². The Morgan fingerprint density at radius 1 is 1.50 bits per heavy atom. The Hall–Kier alpha value is -1.79. The zero-order valence-corrected chi connectivity index (χ0v) is 10.5. The quantitative estimate of drug-likeness (QED) is 0.650. The highest BCUT2D eigenvalue weighted by atomic mass is 16.5. The number of hydrogen-bond donors (Lipinski definition) is 3. The number of carbonyl (C=O) groups excluding carboxylic acids is 1. The number of methoxy groups -OCH3 is 1. The molecule has 0 spiro atoms. The fraction of sp³-hybridized carbons (Fsp3) is 0.417. The van der Waals surface area contributed by atoms with Gasteiger partial charge in [-0.1, -0.05) is 6.07 Å². The average molecular weight is 254 g/mol. The highest BCUT2D eigenvalue weighted by Gasteiger charge is 2.19. The predicted molar refractivity (Wildman–Crippen MR) is 66.6 cm³/mol. The van der Waals surface area contributed by atoms with Gasteiger partial charge in [0.15, 0.2) is 11.5 Å². The van der Waals surface area contributed by atoms with Crippen molar-refractivity contribution in [1.82, 2.24) is 4.90 Å². The van der Waals surface area contributed by atoms with Crippen LogP contribution in [0.3, 0.4) is 0 Å². The van der Waals surface area contributed by atoms with E-state index in [0.29, 0.717) is 13.2 Å². The zero-order valence-electron chi connectivity index (χ0n) is 10.5. The molecule has 1 rings (SSSR count). The molecule has 1 amide bonds. The summed E-state index contributed by atoms with van der Waals surface area (Å²) in [5.41, 5.74) is 5.78. The number of likely N-dealkylation sites (N-methyl/N-ethyl adjacent to an activating group) is 1. The van der Waals surface area contributed by atoms with Gasteiger partial charge < -0.3 is 25.6 Å². The molecule has 0 aliphatic carbocycles. The molecular weight excluding hydrogens is 236 g/mol. The van der Waals surface area contributed by atoms with Gasteiger partial charge in [-0.05, 0) is 12.1 Å². The van der Waals surface area contributed by atoms with Crippen LogP contribution in [0.25, 0.3) is 0 Å². The van der Waals surface area contributed by atoms with Crippen LogP contribution in [-0.4, -0.2) is 54.4 Å². The van der Waals surface area contributed by atoms with Gasteiger partial charge in [0, 0.05) is 26.7 Å². The molecule has 1 unspecified atom stereocenters. The topological polar surface area (TPSA) is 96.0 Å². The number of carbonyl (C=O) groups is 1. The monoisotopic (exact) mass is 254 g/mol. The minimum absolute atomic E-state index is 0.0436. The predicted octanol–water partition coefficient (Wildman–Crippen LogP) is 0.144. The molecule has 0 aliphatic heterocycles. The highest BCUT2D eigenvalue weighted by molar-refractivity contribution is 5.97. The second-order valence-electron chi connectivity index (χ2n) is 4.07. The Morgan fingerprint density at radius 2 is 2.17 bits per heavy atom. The first kappa shape index (κ1) is 14.3. The number of aromatic hydroxyl groups is 2. The molecule has 0 saturated heterocycles. The molecule has 1 atom stereocenters. The van der Waals surface area contributed by atoms with E-state index >= 15 is 0 Å². The summed E-state index contributed by atoms with van der Waals surface area (Å²) >= 11 is 0. The first-order valence-corrected chi connectivity index (χ1v) is 5.48. The number of hydrogen-bond acceptors (Lipinski definition) is 5. The summed E-state index contributed by atoms with van der Waals surface area (Å²) in [5, 5.41) is 18.9. The van der Waals surface area contributed by atoms with Crippen molar-refractivity contribution >= 4 is 5.91 Å². The van der Waals surface area contributed by atoms with Crippen molar-refractivity contribution in [3.05, 3.63) is 23.8 Å². The summed E-state index contributed by atoms with van der Waals surface area (Å²) in [5.74, 6) is -1.15. The number of benzene rings is 1. The van der Waals surface area contributed by atoms with Crippen molar-refractivity contribution in [2.75, 3.05) is 27.3 Å². The van der Waals surface area contributed by atoms with E-state index in [2.05, 4.69) is 0 Å². The second kappa shape index (κ2) is 6.23. The maximum Gasteiger partial charge on any atom is 0.257 e. The third-order valence-corrected chi connectivity index (χ3v) is 2.48. The van der Waals surface area contributed by atoms with Crippen LogP contribution in [0.5, 0.6) is 11.5 Å². The number of nitrogens with two attached hydrogens (primary N) is 1. The zero-order chi connectivity index (χ0) is 13.7. The molecule has 0 radical (unpaired) electrons. The van der Waals surface area contributed by atoms with Crippen LogP contribution in [0.15, 0.2) is 18.2 Å². The van der Waals surface area contributed by atoms with E-state index < -0.39 is 11.7 Å². The molecule has 6 nitrogen and oxygen atoms in total. The molecule has 0 saturated carbocycles. The van der Waals surface area contributed by atoms with Crippen molar-refractivity contribution in [2.45, 2.75) is 6.04 Å². The van der Waals surface area contributed by atoms with E-state index in [-0.39, 0.29) is 17.4 Å².